The minimum atomic E-state index is -1.05. The Hall–Kier alpha value is -5.76. The molecule has 3 saturated carbocycles. The highest BCUT2D eigenvalue weighted by molar-refractivity contribution is 5.92. The zero-order valence-electron chi connectivity index (χ0n) is 28.7. The summed E-state index contributed by atoms with van der Waals surface area (Å²) in [4.78, 5) is 75.0. The van der Waals surface area contributed by atoms with E-state index < -0.39 is 59.9 Å². The molecular weight excluding hydrogens is 670 g/mol. The fourth-order valence-corrected chi connectivity index (χ4v) is 7.25. The molecule has 0 radical (unpaired) electrons. The lowest BCUT2D eigenvalue weighted by atomic mass is 9.41. The summed E-state index contributed by atoms with van der Waals surface area (Å²) in [7, 11) is 1.36. The molecule has 14 nitrogen and oxygen atoms in total. The first kappa shape index (κ1) is 36.0. The van der Waals surface area contributed by atoms with Gasteiger partial charge in [0.1, 0.15) is 25.9 Å². The summed E-state index contributed by atoms with van der Waals surface area (Å²) < 4.78 is 16.0. The van der Waals surface area contributed by atoms with E-state index in [9.17, 15) is 28.8 Å². The van der Waals surface area contributed by atoms with Crippen molar-refractivity contribution in [2.45, 2.75) is 43.2 Å². The normalized spacial score (nSPS) is 19.6. The average molecular weight is 712 g/mol. The van der Waals surface area contributed by atoms with Crippen molar-refractivity contribution < 1.29 is 43.0 Å². The third-order valence-electron chi connectivity index (χ3n) is 9.79. The number of amides is 5. The lowest BCUT2D eigenvalue weighted by molar-refractivity contribution is -0.284. The summed E-state index contributed by atoms with van der Waals surface area (Å²) in [6, 6.07) is 23.8. The monoisotopic (exact) mass is 711 g/mol. The smallest absolute Gasteiger partial charge is 0.407 e. The van der Waals surface area contributed by atoms with Gasteiger partial charge in [0.15, 0.2) is 0 Å². The Labute approximate surface area is 300 Å². The van der Waals surface area contributed by atoms with Crippen LogP contribution in [0.3, 0.4) is 0 Å². The van der Waals surface area contributed by atoms with Crippen LogP contribution >= 0.6 is 0 Å². The SMILES string of the molecule is COC(=O)C12CC(OCNC(=O)CNC(=O)[C@H](Cc3ccccc3)NC(=O)CNC(=O)CNC(=O)OCC3c4ccccc4-c4ccccc43)(C1)C2. The largest absolute Gasteiger partial charge is 0.469 e. The van der Waals surface area contributed by atoms with Crippen molar-refractivity contribution in [1.29, 1.82) is 0 Å². The van der Waals surface area contributed by atoms with E-state index >= 15 is 0 Å². The van der Waals surface area contributed by atoms with Crippen molar-refractivity contribution in [2.75, 3.05) is 40.1 Å². The second-order valence-corrected chi connectivity index (χ2v) is 13.4. The van der Waals surface area contributed by atoms with E-state index in [4.69, 9.17) is 14.2 Å². The maximum atomic E-state index is 13.1. The molecule has 272 valence electrons. The van der Waals surface area contributed by atoms with Crippen LogP contribution in [0.2, 0.25) is 0 Å². The highest BCUT2D eigenvalue weighted by atomic mass is 16.5. The van der Waals surface area contributed by atoms with Crippen LogP contribution in [0.1, 0.15) is 41.9 Å². The number of fused-ring (bicyclic) bond motifs is 3. The van der Waals surface area contributed by atoms with Crippen LogP contribution < -0.4 is 26.6 Å². The van der Waals surface area contributed by atoms with Crippen molar-refractivity contribution in [3.63, 3.8) is 0 Å². The van der Waals surface area contributed by atoms with Crippen molar-refractivity contribution in [3.05, 3.63) is 95.6 Å². The molecule has 0 unspecified atom stereocenters. The number of esters is 1. The Bertz CT molecular complexity index is 1780. The molecule has 3 aromatic rings. The number of rotatable bonds is 16. The Morgan fingerprint density at radius 1 is 0.712 bits per heavy atom. The third-order valence-corrected chi connectivity index (χ3v) is 9.79. The zero-order valence-corrected chi connectivity index (χ0v) is 28.7. The predicted octanol–water partition coefficient (Wildman–Crippen LogP) is 1.67. The molecule has 7 rings (SSSR count). The first-order valence-electron chi connectivity index (χ1n) is 17.1. The van der Waals surface area contributed by atoms with Crippen LogP contribution in [0, 0.1) is 5.41 Å². The predicted molar refractivity (Wildman–Crippen MR) is 186 cm³/mol. The molecule has 4 aliphatic rings. The van der Waals surface area contributed by atoms with Crippen LogP contribution in [0.25, 0.3) is 11.1 Å². The van der Waals surface area contributed by atoms with Gasteiger partial charge in [-0.1, -0.05) is 78.9 Å². The summed E-state index contributed by atoms with van der Waals surface area (Å²) in [5, 5.41) is 12.6. The number of hydrogen-bond donors (Lipinski definition) is 5. The number of alkyl carbamates (subject to hydrolysis) is 1. The molecule has 2 bridgehead atoms. The van der Waals surface area contributed by atoms with Crippen LogP contribution in [0.15, 0.2) is 78.9 Å². The van der Waals surface area contributed by atoms with Crippen LogP contribution in [0.5, 0.6) is 0 Å². The second-order valence-electron chi connectivity index (χ2n) is 13.4. The average Bonchev–Trinajstić information content (AvgIpc) is 3.45. The summed E-state index contributed by atoms with van der Waals surface area (Å²) in [6.07, 6.45) is 1.01. The first-order valence-corrected chi connectivity index (χ1v) is 17.1. The van der Waals surface area contributed by atoms with Crippen molar-refractivity contribution in [2.24, 2.45) is 5.41 Å². The van der Waals surface area contributed by atoms with Crippen LogP contribution in [0.4, 0.5) is 4.79 Å². The molecule has 0 aromatic heterocycles. The molecule has 5 N–H and O–H groups in total. The molecule has 0 aliphatic heterocycles. The lowest BCUT2D eigenvalue weighted by Crippen LogP contribution is -2.72. The van der Waals surface area contributed by atoms with Crippen molar-refractivity contribution >= 4 is 35.7 Å². The van der Waals surface area contributed by atoms with Gasteiger partial charge in [-0.2, -0.15) is 0 Å². The van der Waals surface area contributed by atoms with Gasteiger partial charge in [-0.15, -0.1) is 0 Å². The van der Waals surface area contributed by atoms with Gasteiger partial charge >= 0.3 is 12.1 Å². The van der Waals surface area contributed by atoms with E-state index in [1.165, 1.54) is 7.11 Å². The molecule has 14 heteroatoms. The van der Waals surface area contributed by atoms with Gasteiger partial charge in [0.05, 0.1) is 31.2 Å². The standard InChI is InChI=1S/C38H41N5O9/c1-50-35(48)37-20-38(21-37,22-37)52-23-42-32(45)16-40-34(47)30(15-24-9-3-2-4-10-24)43-33(46)18-39-31(44)17-41-36(49)51-19-29-27-13-7-5-11-25(27)26-12-6-8-14-28(26)29/h2-14,29-30H,15-23H2,1H3,(H,39,44)(H,40,47)(H,41,49)(H,42,45)(H,43,46)/t30-,37?,38?/m0/s1. The highest BCUT2D eigenvalue weighted by Gasteiger charge is 2.73. The van der Waals surface area contributed by atoms with Gasteiger partial charge in [-0.3, -0.25) is 24.0 Å². The zero-order chi connectivity index (χ0) is 36.7. The minimum Gasteiger partial charge on any atom is -0.469 e. The molecule has 1 atom stereocenters. The maximum absolute atomic E-state index is 13.1. The van der Waals surface area contributed by atoms with E-state index in [1.54, 1.807) is 24.3 Å². The molecule has 3 fully saturated rings. The Morgan fingerprint density at radius 3 is 1.94 bits per heavy atom. The number of ether oxygens (including phenoxy) is 3. The van der Waals surface area contributed by atoms with Gasteiger partial charge in [0.25, 0.3) is 0 Å². The van der Waals surface area contributed by atoms with Gasteiger partial charge in [-0.05, 0) is 47.1 Å². The van der Waals surface area contributed by atoms with E-state index in [-0.39, 0.29) is 38.2 Å². The summed E-state index contributed by atoms with van der Waals surface area (Å²) in [5.74, 6) is -2.75. The van der Waals surface area contributed by atoms with Gasteiger partial charge in [0, 0.05) is 12.3 Å². The number of carbonyl (C=O) groups is 6. The quantitative estimate of drug-likeness (QED) is 0.109. The highest BCUT2D eigenvalue weighted by Crippen LogP contribution is 2.69. The van der Waals surface area contributed by atoms with Crippen molar-refractivity contribution in [3.8, 4) is 11.1 Å². The Kier molecular flexibility index (Phi) is 10.8. The first-order chi connectivity index (χ1) is 25.1. The van der Waals surface area contributed by atoms with Crippen LogP contribution in [-0.4, -0.2) is 87.4 Å². The molecular formula is C38H41N5O9. The Balaban J connectivity index is 0.905. The molecule has 4 aliphatic carbocycles. The fourth-order valence-electron chi connectivity index (χ4n) is 7.25. The fraction of sp³-hybridized carbons (Fsp3) is 0.368. The maximum Gasteiger partial charge on any atom is 0.407 e. The molecule has 3 aromatic carbocycles. The molecule has 0 saturated heterocycles. The lowest BCUT2D eigenvalue weighted by Gasteiger charge is -2.67. The summed E-state index contributed by atoms with van der Waals surface area (Å²) >= 11 is 0. The number of nitrogens with one attached hydrogen (secondary N) is 5. The van der Waals surface area contributed by atoms with Gasteiger partial charge < -0.3 is 40.8 Å². The number of carbonyl (C=O) groups excluding carboxylic acids is 6. The second kappa shape index (κ2) is 15.6. The third kappa shape index (κ3) is 8.07. The Morgan fingerprint density at radius 2 is 1.29 bits per heavy atom. The molecule has 0 spiro atoms. The van der Waals surface area contributed by atoms with Crippen molar-refractivity contribution in [1.82, 2.24) is 26.6 Å². The van der Waals surface area contributed by atoms with Gasteiger partial charge in [-0.25, -0.2) is 4.79 Å². The van der Waals surface area contributed by atoms with Crippen LogP contribution in [-0.2, 0) is 44.6 Å². The summed E-state index contributed by atoms with van der Waals surface area (Å²) in [6.45, 7) is -1.23. The number of benzene rings is 3. The topological polar surface area (TPSA) is 190 Å². The van der Waals surface area contributed by atoms with Gasteiger partial charge in [0.2, 0.25) is 23.6 Å². The molecule has 5 amide bonds. The van der Waals surface area contributed by atoms with E-state index in [2.05, 4.69) is 26.6 Å². The number of hydrogen-bond acceptors (Lipinski definition) is 9. The minimum absolute atomic E-state index is 0.0774. The van der Waals surface area contributed by atoms with E-state index in [0.717, 1.165) is 27.8 Å². The van der Waals surface area contributed by atoms with E-state index in [1.807, 2.05) is 54.6 Å². The number of methoxy groups -OCH3 is 1. The van der Waals surface area contributed by atoms with E-state index in [0.29, 0.717) is 19.3 Å². The molecule has 0 heterocycles. The molecule has 52 heavy (non-hydrogen) atoms. The summed E-state index contributed by atoms with van der Waals surface area (Å²) in [5.41, 5.74) is 4.18.